The summed E-state index contributed by atoms with van der Waals surface area (Å²) in [5.41, 5.74) is -0.482. The van der Waals surface area contributed by atoms with E-state index in [1.807, 2.05) is 4.90 Å². The Hall–Kier alpha value is -1.33. The molecule has 0 spiro atoms. The topological polar surface area (TPSA) is 73.9 Å². The fourth-order valence-corrected chi connectivity index (χ4v) is 2.32. The zero-order valence-corrected chi connectivity index (χ0v) is 9.85. The first-order chi connectivity index (χ1) is 7.98. The van der Waals surface area contributed by atoms with Crippen LogP contribution in [0.4, 0.5) is 0 Å². The third-order valence-corrected chi connectivity index (χ3v) is 3.10. The van der Waals surface area contributed by atoms with Gasteiger partial charge in [0.1, 0.15) is 11.3 Å². The molecule has 0 aromatic carbocycles. The van der Waals surface area contributed by atoms with Crippen LogP contribution in [0.2, 0.25) is 0 Å². The Balaban J connectivity index is 2.05. The first-order valence-corrected chi connectivity index (χ1v) is 5.72. The van der Waals surface area contributed by atoms with Gasteiger partial charge in [-0.25, -0.2) is 4.79 Å². The molecule has 1 aromatic heterocycles. The highest BCUT2D eigenvalue weighted by Crippen LogP contribution is 2.23. The van der Waals surface area contributed by atoms with Crippen molar-refractivity contribution in [1.82, 2.24) is 4.90 Å². The van der Waals surface area contributed by atoms with Crippen LogP contribution in [0, 0.1) is 0 Å². The van der Waals surface area contributed by atoms with Crippen LogP contribution in [0.25, 0.3) is 0 Å². The third-order valence-electron chi connectivity index (χ3n) is 3.10. The zero-order valence-electron chi connectivity index (χ0n) is 9.85. The molecule has 1 atom stereocenters. The molecular formula is C12H17NO4. The molecule has 1 aliphatic rings. The normalized spacial score (nSPS) is 26.0. The predicted octanol–water partition coefficient (Wildman–Crippen LogP) is 1.32. The standard InChI is InChI=1S/C12H17NO4/c1-12(16)4-2-5-13(8-12)7-10-9(11(14)15)3-6-17-10/h3,6,16H,2,4-5,7-8H2,1H3,(H,14,15). The predicted molar refractivity (Wildman–Crippen MR) is 60.8 cm³/mol. The summed E-state index contributed by atoms with van der Waals surface area (Å²) in [5, 5.41) is 18.9. The lowest BCUT2D eigenvalue weighted by Crippen LogP contribution is -2.45. The number of β-amino-alcohol motifs (C(OH)–C–C–N with tert-alkyl or cyclic N) is 1. The van der Waals surface area contributed by atoms with Crippen molar-refractivity contribution in [2.45, 2.75) is 31.9 Å². The van der Waals surface area contributed by atoms with E-state index in [0.717, 1.165) is 19.4 Å². The Morgan fingerprint density at radius 3 is 3.06 bits per heavy atom. The van der Waals surface area contributed by atoms with E-state index in [4.69, 9.17) is 9.52 Å². The van der Waals surface area contributed by atoms with E-state index in [1.165, 1.54) is 12.3 Å². The molecule has 1 fully saturated rings. The Bertz CT molecular complexity index is 410. The van der Waals surface area contributed by atoms with Gasteiger partial charge in [-0.1, -0.05) is 0 Å². The molecule has 1 unspecified atom stereocenters. The van der Waals surface area contributed by atoms with Crippen LogP contribution in [0.5, 0.6) is 0 Å². The molecule has 1 saturated heterocycles. The van der Waals surface area contributed by atoms with Gasteiger partial charge in [0.2, 0.25) is 0 Å². The first kappa shape index (κ1) is 12.1. The Morgan fingerprint density at radius 2 is 2.41 bits per heavy atom. The van der Waals surface area contributed by atoms with Gasteiger partial charge in [0, 0.05) is 6.54 Å². The van der Waals surface area contributed by atoms with Crippen molar-refractivity contribution in [2.24, 2.45) is 0 Å². The lowest BCUT2D eigenvalue weighted by Gasteiger charge is -2.36. The van der Waals surface area contributed by atoms with E-state index >= 15 is 0 Å². The zero-order chi connectivity index (χ0) is 12.5. The van der Waals surface area contributed by atoms with Gasteiger partial charge in [-0.05, 0) is 32.4 Å². The van der Waals surface area contributed by atoms with Gasteiger partial charge < -0.3 is 14.6 Å². The monoisotopic (exact) mass is 239 g/mol. The number of carboxylic acids is 1. The van der Waals surface area contributed by atoms with Gasteiger partial charge in [-0.2, -0.15) is 0 Å². The highest BCUT2D eigenvalue weighted by Gasteiger charge is 2.29. The molecule has 0 radical (unpaired) electrons. The van der Waals surface area contributed by atoms with Crippen molar-refractivity contribution in [3.63, 3.8) is 0 Å². The fraction of sp³-hybridized carbons (Fsp3) is 0.583. The molecule has 94 valence electrons. The summed E-state index contributed by atoms with van der Waals surface area (Å²) in [4.78, 5) is 12.9. The molecule has 1 aromatic rings. The number of hydrogen-bond acceptors (Lipinski definition) is 4. The molecule has 5 heteroatoms. The molecule has 0 aliphatic carbocycles. The average molecular weight is 239 g/mol. The number of piperidine rings is 1. The van der Waals surface area contributed by atoms with Crippen LogP contribution in [0.3, 0.4) is 0 Å². The maximum Gasteiger partial charge on any atom is 0.339 e. The number of rotatable bonds is 3. The van der Waals surface area contributed by atoms with Crippen molar-refractivity contribution in [2.75, 3.05) is 13.1 Å². The molecule has 17 heavy (non-hydrogen) atoms. The van der Waals surface area contributed by atoms with Crippen molar-refractivity contribution in [3.05, 3.63) is 23.7 Å². The lowest BCUT2D eigenvalue weighted by atomic mass is 9.95. The van der Waals surface area contributed by atoms with Crippen LogP contribution in [-0.4, -0.2) is 39.8 Å². The summed E-state index contributed by atoms with van der Waals surface area (Å²) < 4.78 is 5.19. The quantitative estimate of drug-likeness (QED) is 0.832. The smallest absolute Gasteiger partial charge is 0.339 e. The van der Waals surface area contributed by atoms with Crippen molar-refractivity contribution in [1.29, 1.82) is 0 Å². The van der Waals surface area contributed by atoms with Gasteiger partial charge in [-0.15, -0.1) is 0 Å². The van der Waals surface area contributed by atoms with Crippen molar-refractivity contribution < 1.29 is 19.4 Å². The summed E-state index contributed by atoms with van der Waals surface area (Å²) >= 11 is 0. The minimum atomic E-state index is -0.975. The van der Waals surface area contributed by atoms with E-state index in [9.17, 15) is 9.90 Å². The molecule has 2 heterocycles. The van der Waals surface area contributed by atoms with Gasteiger partial charge in [0.25, 0.3) is 0 Å². The van der Waals surface area contributed by atoms with Crippen LogP contribution < -0.4 is 0 Å². The second-order valence-electron chi connectivity index (χ2n) is 4.87. The van der Waals surface area contributed by atoms with Gasteiger partial charge in [0.15, 0.2) is 0 Å². The molecule has 0 amide bonds. The summed E-state index contributed by atoms with van der Waals surface area (Å²) in [7, 11) is 0. The maximum atomic E-state index is 10.9. The largest absolute Gasteiger partial charge is 0.478 e. The van der Waals surface area contributed by atoms with E-state index in [-0.39, 0.29) is 5.56 Å². The number of aliphatic hydroxyl groups is 1. The SMILES string of the molecule is CC1(O)CCCN(Cc2occc2C(=O)O)C1. The summed E-state index contributed by atoms with van der Waals surface area (Å²) in [6, 6.07) is 1.46. The van der Waals surface area contributed by atoms with E-state index < -0.39 is 11.6 Å². The first-order valence-electron chi connectivity index (χ1n) is 5.72. The number of carboxylic acid groups (broad SMARTS) is 1. The van der Waals surface area contributed by atoms with E-state index in [0.29, 0.717) is 18.8 Å². The number of likely N-dealkylation sites (tertiary alicyclic amines) is 1. The number of nitrogens with zero attached hydrogens (tertiary/aromatic N) is 1. The Labute approximate surface area is 99.6 Å². The maximum absolute atomic E-state index is 10.9. The fourth-order valence-electron chi connectivity index (χ4n) is 2.32. The summed E-state index contributed by atoms with van der Waals surface area (Å²) in [6.07, 6.45) is 3.09. The number of hydrogen-bond donors (Lipinski definition) is 2. The number of aromatic carboxylic acids is 1. The number of furan rings is 1. The highest BCUT2D eigenvalue weighted by molar-refractivity contribution is 5.88. The molecule has 5 nitrogen and oxygen atoms in total. The minimum Gasteiger partial charge on any atom is -0.478 e. The molecule has 2 N–H and O–H groups in total. The van der Waals surface area contributed by atoms with Gasteiger partial charge in [0.05, 0.1) is 18.4 Å². The Kier molecular flexibility index (Phi) is 3.22. The molecule has 1 aliphatic heterocycles. The second-order valence-corrected chi connectivity index (χ2v) is 4.87. The molecular weight excluding hydrogens is 222 g/mol. The highest BCUT2D eigenvalue weighted by atomic mass is 16.4. The number of carbonyl (C=O) groups is 1. The summed E-state index contributed by atoms with van der Waals surface area (Å²) in [6.45, 7) is 3.65. The van der Waals surface area contributed by atoms with Crippen molar-refractivity contribution >= 4 is 5.97 Å². The molecule has 2 rings (SSSR count). The van der Waals surface area contributed by atoms with Crippen molar-refractivity contribution in [3.8, 4) is 0 Å². The van der Waals surface area contributed by atoms with E-state index in [1.54, 1.807) is 6.92 Å². The van der Waals surface area contributed by atoms with Crippen LogP contribution in [0.15, 0.2) is 16.7 Å². The van der Waals surface area contributed by atoms with Crippen LogP contribution in [-0.2, 0) is 6.54 Å². The van der Waals surface area contributed by atoms with E-state index in [2.05, 4.69) is 0 Å². The molecule has 0 saturated carbocycles. The third kappa shape index (κ3) is 2.87. The lowest BCUT2D eigenvalue weighted by molar-refractivity contribution is -0.0199. The summed E-state index contributed by atoms with van der Waals surface area (Å²) in [5.74, 6) is -0.521. The average Bonchev–Trinajstić information content (AvgIpc) is 2.64. The minimum absolute atomic E-state index is 0.204. The Morgan fingerprint density at radius 1 is 1.65 bits per heavy atom. The van der Waals surface area contributed by atoms with Crippen LogP contribution >= 0.6 is 0 Å². The van der Waals surface area contributed by atoms with Crippen LogP contribution in [0.1, 0.15) is 35.9 Å². The second kappa shape index (κ2) is 4.50. The van der Waals surface area contributed by atoms with Gasteiger partial charge >= 0.3 is 5.97 Å². The molecule has 0 bridgehead atoms. The van der Waals surface area contributed by atoms with Gasteiger partial charge in [-0.3, -0.25) is 4.90 Å².